The molecule has 0 aromatic carbocycles. The number of thiophene rings is 1. The van der Waals surface area contributed by atoms with E-state index < -0.39 is 23.9 Å². The fraction of sp³-hybridized carbons (Fsp3) is 0.500. The molecule has 114 valence electrons. The van der Waals surface area contributed by atoms with Gasteiger partial charge in [-0.15, -0.1) is 11.3 Å². The van der Waals surface area contributed by atoms with Crippen molar-refractivity contribution < 1.29 is 24.6 Å². The molecule has 0 saturated heterocycles. The van der Waals surface area contributed by atoms with Crippen LogP contribution in [0.25, 0.3) is 0 Å². The van der Waals surface area contributed by atoms with Crippen molar-refractivity contribution in [3.8, 4) is 0 Å². The molecule has 2 rings (SSSR count). The van der Waals surface area contributed by atoms with Crippen LogP contribution >= 0.6 is 11.3 Å². The van der Waals surface area contributed by atoms with E-state index in [0.717, 1.165) is 4.88 Å². The minimum atomic E-state index is -0.983. The first-order valence-electron chi connectivity index (χ1n) is 6.75. The number of carbonyl (C=O) groups is 3. The van der Waals surface area contributed by atoms with Crippen LogP contribution in [0.1, 0.15) is 36.6 Å². The second-order valence-electron chi connectivity index (χ2n) is 5.22. The van der Waals surface area contributed by atoms with Crippen molar-refractivity contribution in [3.05, 3.63) is 22.4 Å². The van der Waals surface area contributed by atoms with Crippen molar-refractivity contribution in [3.63, 3.8) is 0 Å². The van der Waals surface area contributed by atoms with Crippen LogP contribution in [0.5, 0.6) is 0 Å². The van der Waals surface area contributed by atoms with E-state index in [2.05, 4.69) is 5.32 Å². The number of hydrogen-bond donors (Lipinski definition) is 3. The molecule has 0 spiro atoms. The highest BCUT2D eigenvalue weighted by atomic mass is 32.1. The van der Waals surface area contributed by atoms with E-state index in [1.165, 1.54) is 11.3 Å². The highest BCUT2D eigenvalue weighted by Crippen LogP contribution is 2.32. The molecular weight excluding hydrogens is 294 g/mol. The third-order valence-corrected chi connectivity index (χ3v) is 4.72. The van der Waals surface area contributed by atoms with Crippen molar-refractivity contribution in [2.75, 3.05) is 0 Å². The van der Waals surface area contributed by atoms with E-state index in [0.29, 0.717) is 19.3 Å². The number of carbonyl (C=O) groups excluding carboxylic acids is 1. The Morgan fingerprint density at radius 2 is 2.00 bits per heavy atom. The molecule has 1 aliphatic carbocycles. The number of aliphatic carboxylic acids is 2. The predicted molar refractivity (Wildman–Crippen MR) is 75.9 cm³/mol. The molecule has 1 heterocycles. The van der Waals surface area contributed by atoms with Crippen LogP contribution in [-0.2, 0) is 14.4 Å². The van der Waals surface area contributed by atoms with Gasteiger partial charge in [0, 0.05) is 10.8 Å². The first-order valence-corrected chi connectivity index (χ1v) is 7.63. The lowest BCUT2D eigenvalue weighted by Gasteiger charge is -2.18. The molecule has 3 atom stereocenters. The summed E-state index contributed by atoms with van der Waals surface area (Å²) >= 11 is 1.39. The van der Waals surface area contributed by atoms with Gasteiger partial charge in [-0.2, -0.15) is 0 Å². The number of amides is 1. The number of nitrogens with one attached hydrogen (secondary N) is 1. The summed E-state index contributed by atoms with van der Waals surface area (Å²) in [6.07, 6.45) is 1.18. The number of carboxylic acid groups (broad SMARTS) is 2. The van der Waals surface area contributed by atoms with Crippen LogP contribution in [0.4, 0.5) is 0 Å². The van der Waals surface area contributed by atoms with Gasteiger partial charge in [0.2, 0.25) is 5.91 Å². The summed E-state index contributed by atoms with van der Waals surface area (Å²) in [4.78, 5) is 34.8. The Bertz CT molecular complexity index is 527. The molecule has 6 nitrogen and oxygen atoms in total. The number of rotatable bonds is 6. The molecule has 0 aliphatic heterocycles. The first-order chi connectivity index (χ1) is 9.97. The van der Waals surface area contributed by atoms with E-state index in [1.807, 2.05) is 5.38 Å². The van der Waals surface area contributed by atoms with E-state index in [9.17, 15) is 14.4 Å². The SMILES string of the molecule is O=C(O)CC(NC(=O)[C@@H]1CC[C@H](C(=O)O)C1)c1cccs1. The average molecular weight is 311 g/mol. The van der Waals surface area contributed by atoms with Gasteiger partial charge in [-0.05, 0) is 30.7 Å². The van der Waals surface area contributed by atoms with Crippen LogP contribution in [0, 0.1) is 11.8 Å². The molecule has 3 N–H and O–H groups in total. The Morgan fingerprint density at radius 3 is 2.52 bits per heavy atom. The van der Waals surface area contributed by atoms with E-state index in [4.69, 9.17) is 10.2 Å². The van der Waals surface area contributed by atoms with Gasteiger partial charge in [-0.1, -0.05) is 6.07 Å². The molecule has 7 heteroatoms. The quantitative estimate of drug-likeness (QED) is 0.744. The van der Waals surface area contributed by atoms with Gasteiger partial charge in [0.25, 0.3) is 0 Å². The fourth-order valence-corrected chi connectivity index (χ4v) is 3.40. The molecular formula is C14H17NO5S. The summed E-state index contributed by atoms with van der Waals surface area (Å²) in [6, 6.07) is 3.03. The van der Waals surface area contributed by atoms with Crippen molar-refractivity contribution in [2.24, 2.45) is 11.8 Å². The Hall–Kier alpha value is -1.89. The zero-order valence-electron chi connectivity index (χ0n) is 11.3. The lowest BCUT2D eigenvalue weighted by Crippen LogP contribution is -2.34. The molecule has 1 fully saturated rings. The van der Waals surface area contributed by atoms with Crippen LogP contribution in [0.2, 0.25) is 0 Å². The molecule has 1 aliphatic rings. The highest BCUT2D eigenvalue weighted by molar-refractivity contribution is 7.10. The summed E-state index contributed by atoms with van der Waals surface area (Å²) in [5.74, 6) is -2.92. The molecule has 1 unspecified atom stereocenters. The minimum absolute atomic E-state index is 0.179. The molecule has 1 aromatic heterocycles. The lowest BCUT2D eigenvalue weighted by atomic mass is 10.0. The summed E-state index contributed by atoms with van der Waals surface area (Å²) in [5, 5.41) is 22.5. The zero-order chi connectivity index (χ0) is 15.4. The molecule has 1 saturated carbocycles. The smallest absolute Gasteiger partial charge is 0.306 e. The largest absolute Gasteiger partial charge is 0.481 e. The monoisotopic (exact) mass is 311 g/mol. The highest BCUT2D eigenvalue weighted by Gasteiger charge is 2.34. The van der Waals surface area contributed by atoms with Crippen molar-refractivity contribution in [2.45, 2.75) is 31.7 Å². The number of carboxylic acids is 2. The Morgan fingerprint density at radius 1 is 1.29 bits per heavy atom. The third kappa shape index (κ3) is 4.04. The maximum absolute atomic E-state index is 12.2. The minimum Gasteiger partial charge on any atom is -0.481 e. The summed E-state index contributed by atoms with van der Waals surface area (Å²) in [5.41, 5.74) is 0. The summed E-state index contributed by atoms with van der Waals surface area (Å²) < 4.78 is 0. The fourth-order valence-electron chi connectivity index (χ4n) is 2.62. The Balaban J connectivity index is 1.99. The van der Waals surface area contributed by atoms with E-state index >= 15 is 0 Å². The van der Waals surface area contributed by atoms with Gasteiger partial charge in [-0.25, -0.2) is 0 Å². The normalized spacial score (nSPS) is 22.7. The van der Waals surface area contributed by atoms with Crippen molar-refractivity contribution in [1.29, 1.82) is 0 Å². The second kappa shape index (κ2) is 6.71. The molecule has 1 aromatic rings. The molecule has 1 amide bonds. The van der Waals surface area contributed by atoms with Crippen LogP contribution < -0.4 is 5.32 Å². The zero-order valence-corrected chi connectivity index (χ0v) is 12.1. The van der Waals surface area contributed by atoms with Gasteiger partial charge in [0.05, 0.1) is 18.4 Å². The molecule has 0 radical (unpaired) electrons. The van der Waals surface area contributed by atoms with E-state index in [-0.39, 0.29) is 18.2 Å². The van der Waals surface area contributed by atoms with Gasteiger partial charge >= 0.3 is 11.9 Å². The van der Waals surface area contributed by atoms with E-state index in [1.54, 1.807) is 12.1 Å². The van der Waals surface area contributed by atoms with Gasteiger partial charge < -0.3 is 15.5 Å². The van der Waals surface area contributed by atoms with Gasteiger partial charge in [0.15, 0.2) is 0 Å². The van der Waals surface area contributed by atoms with Crippen molar-refractivity contribution >= 4 is 29.2 Å². The molecule has 0 bridgehead atoms. The third-order valence-electron chi connectivity index (χ3n) is 3.73. The summed E-state index contributed by atoms with van der Waals surface area (Å²) in [7, 11) is 0. The maximum Gasteiger partial charge on any atom is 0.306 e. The Kier molecular flexibility index (Phi) is 4.95. The van der Waals surface area contributed by atoms with Gasteiger partial charge in [0.1, 0.15) is 0 Å². The van der Waals surface area contributed by atoms with Crippen molar-refractivity contribution in [1.82, 2.24) is 5.32 Å². The van der Waals surface area contributed by atoms with Crippen LogP contribution in [-0.4, -0.2) is 28.1 Å². The van der Waals surface area contributed by atoms with Crippen LogP contribution in [0.3, 0.4) is 0 Å². The second-order valence-corrected chi connectivity index (χ2v) is 6.20. The Labute approximate surface area is 125 Å². The lowest BCUT2D eigenvalue weighted by molar-refractivity contribution is -0.141. The summed E-state index contributed by atoms with van der Waals surface area (Å²) in [6.45, 7) is 0. The van der Waals surface area contributed by atoms with Crippen LogP contribution in [0.15, 0.2) is 17.5 Å². The average Bonchev–Trinajstić information content (AvgIpc) is 3.09. The predicted octanol–water partition coefficient (Wildman–Crippen LogP) is 1.88. The number of hydrogen-bond acceptors (Lipinski definition) is 4. The topological polar surface area (TPSA) is 104 Å². The van der Waals surface area contributed by atoms with Gasteiger partial charge in [-0.3, -0.25) is 14.4 Å². The maximum atomic E-state index is 12.2. The molecule has 21 heavy (non-hydrogen) atoms. The standard InChI is InChI=1S/C14H17NO5S/c16-12(17)7-10(11-2-1-5-21-11)15-13(18)8-3-4-9(6-8)14(19)20/h1-2,5,8-10H,3-4,6-7H2,(H,15,18)(H,16,17)(H,19,20)/t8-,9+,10?/m1/s1. The first kappa shape index (κ1) is 15.5.